The molecule has 2 heteroatoms. The van der Waals surface area contributed by atoms with Gasteiger partial charge in [-0.1, -0.05) is 20.3 Å². The van der Waals surface area contributed by atoms with Crippen molar-refractivity contribution in [1.82, 2.24) is 0 Å². The minimum absolute atomic E-state index is 0.278. The second kappa shape index (κ2) is 5.69. The lowest BCUT2D eigenvalue weighted by Crippen LogP contribution is -2.16. The van der Waals surface area contributed by atoms with Crippen LogP contribution in [0.2, 0.25) is 0 Å². The number of hydrogen-bond acceptors (Lipinski definition) is 2. The van der Waals surface area contributed by atoms with E-state index in [2.05, 4.69) is 13.8 Å². The molecule has 0 aromatic carbocycles. The van der Waals surface area contributed by atoms with Gasteiger partial charge in [0.15, 0.2) is 0 Å². The molecular weight excluding hydrogens is 128 g/mol. The van der Waals surface area contributed by atoms with Gasteiger partial charge in [0.25, 0.3) is 0 Å². The smallest absolute Gasteiger partial charge is 0.0776 e. The van der Waals surface area contributed by atoms with Crippen LogP contribution >= 0.6 is 0 Å². The second-order valence-corrected chi connectivity index (χ2v) is 2.86. The number of hydrogen-bond donors (Lipinski definition) is 1. The lowest BCUT2D eigenvalue weighted by atomic mass is 10.0. The number of methoxy groups -OCH3 is 1. The van der Waals surface area contributed by atoms with Crippen molar-refractivity contribution in [3.05, 3.63) is 0 Å². The van der Waals surface area contributed by atoms with Crippen LogP contribution in [-0.4, -0.2) is 24.9 Å². The third kappa shape index (κ3) is 4.77. The quantitative estimate of drug-likeness (QED) is 0.635. The Bertz CT molecular complexity index is 73.7. The molecule has 0 fully saturated rings. The molecule has 0 rings (SSSR count). The van der Waals surface area contributed by atoms with Gasteiger partial charge in [-0.25, -0.2) is 0 Å². The lowest BCUT2D eigenvalue weighted by Gasteiger charge is -2.13. The van der Waals surface area contributed by atoms with Crippen LogP contribution in [0, 0.1) is 5.92 Å². The molecule has 0 radical (unpaired) electrons. The maximum atomic E-state index is 9.23. The van der Waals surface area contributed by atoms with E-state index in [4.69, 9.17) is 4.74 Å². The van der Waals surface area contributed by atoms with Crippen molar-refractivity contribution < 1.29 is 9.84 Å². The van der Waals surface area contributed by atoms with E-state index in [0.717, 1.165) is 12.8 Å². The Labute approximate surface area is 63.2 Å². The Hall–Kier alpha value is -0.0800. The first-order chi connectivity index (χ1) is 4.70. The Kier molecular flexibility index (Phi) is 5.64. The van der Waals surface area contributed by atoms with Crippen LogP contribution < -0.4 is 0 Å². The van der Waals surface area contributed by atoms with E-state index in [0.29, 0.717) is 12.5 Å². The third-order valence-electron chi connectivity index (χ3n) is 1.73. The van der Waals surface area contributed by atoms with Crippen molar-refractivity contribution in [2.45, 2.75) is 32.8 Å². The molecule has 0 aliphatic rings. The van der Waals surface area contributed by atoms with Gasteiger partial charge in [-0.3, -0.25) is 0 Å². The summed E-state index contributed by atoms with van der Waals surface area (Å²) in [4.78, 5) is 0. The van der Waals surface area contributed by atoms with Crippen LogP contribution in [0.15, 0.2) is 0 Å². The number of rotatable bonds is 5. The summed E-state index contributed by atoms with van der Waals surface area (Å²) in [6.07, 6.45) is 1.70. The van der Waals surface area contributed by atoms with Gasteiger partial charge >= 0.3 is 0 Å². The average molecular weight is 146 g/mol. The molecule has 0 aromatic heterocycles. The first-order valence-electron chi connectivity index (χ1n) is 3.87. The topological polar surface area (TPSA) is 29.5 Å². The summed E-state index contributed by atoms with van der Waals surface area (Å²) in [6.45, 7) is 4.73. The van der Waals surface area contributed by atoms with E-state index in [-0.39, 0.29) is 6.10 Å². The predicted octanol–water partition coefficient (Wildman–Crippen LogP) is 1.43. The molecule has 0 amide bonds. The Morgan fingerprint density at radius 2 is 2.10 bits per heavy atom. The van der Waals surface area contributed by atoms with Crippen molar-refractivity contribution in [2.75, 3.05) is 13.7 Å². The molecule has 0 saturated heterocycles. The van der Waals surface area contributed by atoms with Gasteiger partial charge in [-0.15, -0.1) is 0 Å². The van der Waals surface area contributed by atoms with E-state index in [1.54, 1.807) is 7.11 Å². The maximum Gasteiger partial charge on any atom is 0.0776 e. The zero-order chi connectivity index (χ0) is 7.98. The van der Waals surface area contributed by atoms with Crippen LogP contribution in [-0.2, 0) is 4.74 Å². The predicted molar refractivity (Wildman–Crippen MR) is 42.0 cm³/mol. The zero-order valence-corrected chi connectivity index (χ0v) is 7.13. The standard InChI is InChI=1S/C8H18O2/c1-4-7(2)5-8(9)6-10-3/h7-9H,4-6H2,1-3H3. The fourth-order valence-electron chi connectivity index (χ4n) is 0.892. The summed E-state index contributed by atoms with van der Waals surface area (Å²) < 4.78 is 4.80. The van der Waals surface area contributed by atoms with Gasteiger partial charge in [0, 0.05) is 7.11 Å². The second-order valence-electron chi connectivity index (χ2n) is 2.86. The third-order valence-corrected chi connectivity index (χ3v) is 1.73. The molecule has 10 heavy (non-hydrogen) atoms. The van der Waals surface area contributed by atoms with Crippen LogP contribution in [0.25, 0.3) is 0 Å². The average Bonchev–Trinajstić information content (AvgIpc) is 1.88. The molecule has 0 aliphatic carbocycles. The van der Waals surface area contributed by atoms with E-state index in [1.165, 1.54) is 0 Å². The van der Waals surface area contributed by atoms with Gasteiger partial charge in [-0.2, -0.15) is 0 Å². The minimum atomic E-state index is -0.278. The highest BCUT2D eigenvalue weighted by Gasteiger charge is 2.07. The highest BCUT2D eigenvalue weighted by Crippen LogP contribution is 2.09. The highest BCUT2D eigenvalue weighted by molar-refractivity contribution is 4.58. The summed E-state index contributed by atoms with van der Waals surface area (Å²) >= 11 is 0. The fourth-order valence-corrected chi connectivity index (χ4v) is 0.892. The molecule has 2 nitrogen and oxygen atoms in total. The summed E-state index contributed by atoms with van der Waals surface area (Å²) in [7, 11) is 1.61. The molecule has 2 unspecified atom stereocenters. The molecule has 0 spiro atoms. The van der Waals surface area contributed by atoms with Crippen LogP contribution in [0.5, 0.6) is 0 Å². The first kappa shape index (κ1) is 9.92. The van der Waals surface area contributed by atoms with Crippen molar-refractivity contribution >= 4 is 0 Å². The first-order valence-corrected chi connectivity index (χ1v) is 3.87. The maximum absolute atomic E-state index is 9.23. The Morgan fingerprint density at radius 3 is 2.50 bits per heavy atom. The monoisotopic (exact) mass is 146 g/mol. The number of aliphatic hydroxyl groups is 1. The molecule has 0 aliphatic heterocycles. The van der Waals surface area contributed by atoms with Crippen molar-refractivity contribution in [3.8, 4) is 0 Å². The minimum Gasteiger partial charge on any atom is -0.391 e. The Balaban J connectivity index is 3.27. The molecular formula is C8H18O2. The van der Waals surface area contributed by atoms with E-state index in [1.807, 2.05) is 0 Å². The summed E-state index contributed by atoms with van der Waals surface area (Å²) in [5, 5.41) is 9.23. The van der Waals surface area contributed by atoms with Gasteiger partial charge in [0.2, 0.25) is 0 Å². The molecule has 0 heterocycles. The van der Waals surface area contributed by atoms with Gasteiger partial charge in [0.1, 0.15) is 0 Å². The van der Waals surface area contributed by atoms with Crippen LogP contribution in [0.4, 0.5) is 0 Å². The SMILES string of the molecule is CCC(C)CC(O)COC. The number of ether oxygens (including phenoxy) is 1. The molecule has 0 saturated carbocycles. The lowest BCUT2D eigenvalue weighted by molar-refractivity contribution is 0.0495. The zero-order valence-electron chi connectivity index (χ0n) is 7.13. The fraction of sp³-hybridized carbons (Fsp3) is 1.00. The molecule has 0 aromatic rings. The summed E-state index contributed by atoms with van der Waals surface area (Å²) in [6, 6.07) is 0. The van der Waals surface area contributed by atoms with Gasteiger partial charge in [0.05, 0.1) is 12.7 Å². The summed E-state index contributed by atoms with van der Waals surface area (Å²) in [5.74, 6) is 0.602. The van der Waals surface area contributed by atoms with Gasteiger partial charge < -0.3 is 9.84 Å². The van der Waals surface area contributed by atoms with Gasteiger partial charge in [-0.05, 0) is 12.3 Å². The largest absolute Gasteiger partial charge is 0.391 e. The highest BCUT2D eigenvalue weighted by atomic mass is 16.5. The molecule has 0 bridgehead atoms. The normalized spacial score (nSPS) is 16.8. The van der Waals surface area contributed by atoms with Crippen molar-refractivity contribution in [2.24, 2.45) is 5.92 Å². The van der Waals surface area contributed by atoms with Crippen LogP contribution in [0.3, 0.4) is 0 Å². The van der Waals surface area contributed by atoms with E-state index in [9.17, 15) is 5.11 Å². The van der Waals surface area contributed by atoms with Crippen molar-refractivity contribution in [3.63, 3.8) is 0 Å². The van der Waals surface area contributed by atoms with E-state index >= 15 is 0 Å². The number of aliphatic hydroxyl groups excluding tert-OH is 1. The van der Waals surface area contributed by atoms with E-state index < -0.39 is 0 Å². The molecule has 2 atom stereocenters. The Morgan fingerprint density at radius 1 is 1.50 bits per heavy atom. The summed E-state index contributed by atoms with van der Waals surface area (Å²) in [5.41, 5.74) is 0. The molecule has 62 valence electrons. The molecule has 1 N–H and O–H groups in total. The van der Waals surface area contributed by atoms with Crippen LogP contribution in [0.1, 0.15) is 26.7 Å². The van der Waals surface area contributed by atoms with Crippen molar-refractivity contribution in [1.29, 1.82) is 0 Å².